The molecular weight excluding hydrogens is 322 g/mol. The average molecular weight is 338 g/mol. The molecule has 0 aliphatic heterocycles. The molecular formula is C16H16ClNO3S. The maximum Gasteiger partial charge on any atom is 0.310 e. The summed E-state index contributed by atoms with van der Waals surface area (Å²) in [6.45, 7) is 1.61. The minimum Gasteiger partial charge on any atom is -0.455 e. The molecule has 0 fully saturated rings. The van der Waals surface area contributed by atoms with E-state index in [0.29, 0.717) is 5.02 Å². The molecule has 1 aromatic heterocycles. The second-order valence-electron chi connectivity index (χ2n) is 4.77. The molecule has 0 aliphatic carbocycles. The van der Waals surface area contributed by atoms with Gasteiger partial charge in [-0.25, -0.2) is 0 Å². The molecule has 0 spiro atoms. The van der Waals surface area contributed by atoms with E-state index in [0.717, 1.165) is 10.4 Å². The van der Waals surface area contributed by atoms with Crippen LogP contribution in [0.15, 0.2) is 41.8 Å². The fourth-order valence-electron chi connectivity index (χ4n) is 1.86. The minimum absolute atomic E-state index is 0.0949. The first-order chi connectivity index (χ1) is 10.5. The molecule has 116 valence electrons. The number of amides is 1. The third-order valence-corrected chi connectivity index (χ3v) is 4.28. The van der Waals surface area contributed by atoms with Gasteiger partial charge in [0.15, 0.2) is 6.61 Å². The lowest BCUT2D eigenvalue weighted by molar-refractivity contribution is -0.148. The molecule has 1 amide bonds. The van der Waals surface area contributed by atoms with Crippen LogP contribution in [0.2, 0.25) is 5.02 Å². The zero-order chi connectivity index (χ0) is 15.9. The molecule has 0 radical (unpaired) electrons. The molecule has 0 saturated heterocycles. The number of carbonyl (C=O) groups is 2. The number of hydrogen-bond acceptors (Lipinski definition) is 4. The molecule has 0 bridgehead atoms. The van der Waals surface area contributed by atoms with E-state index in [1.165, 1.54) is 0 Å². The van der Waals surface area contributed by atoms with Crippen LogP contribution in [0.3, 0.4) is 0 Å². The van der Waals surface area contributed by atoms with E-state index >= 15 is 0 Å². The van der Waals surface area contributed by atoms with Gasteiger partial charge in [0.1, 0.15) is 0 Å². The summed E-state index contributed by atoms with van der Waals surface area (Å²) in [4.78, 5) is 24.5. The van der Waals surface area contributed by atoms with E-state index < -0.39 is 5.97 Å². The molecule has 2 rings (SSSR count). The Bertz CT molecular complexity index is 625. The fraction of sp³-hybridized carbons (Fsp3) is 0.250. The highest BCUT2D eigenvalue weighted by molar-refractivity contribution is 7.10. The highest BCUT2D eigenvalue weighted by atomic mass is 35.5. The van der Waals surface area contributed by atoms with E-state index in [1.807, 2.05) is 24.4 Å². The first kappa shape index (κ1) is 16.5. The van der Waals surface area contributed by atoms with Crippen molar-refractivity contribution in [3.8, 4) is 0 Å². The average Bonchev–Trinajstić information content (AvgIpc) is 3.02. The van der Waals surface area contributed by atoms with Crippen LogP contribution in [0.4, 0.5) is 0 Å². The van der Waals surface area contributed by atoms with Crippen LogP contribution >= 0.6 is 22.9 Å². The van der Waals surface area contributed by atoms with Crippen molar-refractivity contribution < 1.29 is 14.3 Å². The summed E-state index contributed by atoms with van der Waals surface area (Å²) in [6, 6.07) is 10.7. The second kappa shape index (κ2) is 7.96. The maximum atomic E-state index is 11.7. The zero-order valence-electron chi connectivity index (χ0n) is 12.0. The smallest absolute Gasteiger partial charge is 0.310 e. The third kappa shape index (κ3) is 5.16. The second-order valence-corrected chi connectivity index (χ2v) is 6.18. The largest absolute Gasteiger partial charge is 0.455 e. The van der Waals surface area contributed by atoms with Crippen molar-refractivity contribution in [2.24, 2.45) is 0 Å². The number of nitrogens with one attached hydrogen (secondary N) is 1. The van der Waals surface area contributed by atoms with E-state index in [-0.39, 0.29) is 25.0 Å². The quantitative estimate of drug-likeness (QED) is 0.822. The Morgan fingerprint density at radius 1 is 1.27 bits per heavy atom. The van der Waals surface area contributed by atoms with Gasteiger partial charge in [0.25, 0.3) is 5.91 Å². The van der Waals surface area contributed by atoms with Crippen molar-refractivity contribution in [1.29, 1.82) is 0 Å². The summed E-state index contributed by atoms with van der Waals surface area (Å²) >= 11 is 7.34. The lowest BCUT2D eigenvalue weighted by Crippen LogP contribution is -2.31. The van der Waals surface area contributed by atoms with Crippen LogP contribution in [-0.4, -0.2) is 18.5 Å². The summed E-state index contributed by atoms with van der Waals surface area (Å²) in [5.74, 6) is -0.758. The molecule has 0 saturated carbocycles. The van der Waals surface area contributed by atoms with Gasteiger partial charge in [-0.2, -0.15) is 0 Å². The number of benzene rings is 1. The minimum atomic E-state index is -0.443. The van der Waals surface area contributed by atoms with Crippen molar-refractivity contribution in [3.63, 3.8) is 0 Å². The Kier molecular flexibility index (Phi) is 5.98. The Labute approximate surface area is 138 Å². The van der Waals surface area contributed by atoms with Crippen LogP contribution in [0.1, 0.15) is 23.4 Å². The van der Waals surface area contributed by atoms with E-state index in [9.17, 15) is 9.59 Å². The summed E-state index contributed by atoms with van der Waals surface area (Å²) in [7, 11) is 0. The van der Waals surface area contributed by atoms with Gasteiger partial charge >= 0.3 is 5.97 Å². The molecule has 2 aromatic rings. The number of ether oxygens (including phenoxy) is 1. The number of esters is 1. The Balaban J connectivity index is 1.73. The van der Waals surface area contributed by atoms with Crippen LogP contribution in [0, 0.1) is 0 Å². The predicted octanol–water partition coefficient (Wildman–Crippen LogP) is 3.36. The number of rotatable bonds is 6. The van der Waals surface area contributed by atoms with E-state index in [4.69, 9.17) is 16.3 Å². The molecule has 1 aromatic carbocycles. The Morgan fingerprint density at radius 2 is 2.00 bits per heavy atom. The Hall–Kier alpha value is -1.85. The fourth-order valence-corrected chi connectivity index (χ4v) is 2.72. The van der Waals surface area contributed by atoms with Gasteiger partial charge in [0.05, 0.1) is 12.5 Å². The first-order valence-electron chi connectivity index (χ1n) is 6.77. The predicted molar refractivity (Wildman–Crippen MR) is 87.0 cm³/mol. The van der Waals surface area contributed by atoms with Crippen molar-refractivity contribution in [1.82, 2.24) is 5.32 Å². The van der Waals surface area contributed by atoms with Gasteiger partial charge in [-0.3, -0.25) is 9.59 Å². The van der Waals surface area contributed by atoms with Gasteiger partial charge < -0.3 is 10.1 Å². The van der Waals surface area contributed by atoms with Gasteiger partial charge in [-0.05, 0) is 36.1 Å². The molecule has 4 nitrogen and oxygen atoms in total. The van der Waals surface area contributed by atoms with Gasteiger partial charge in [0, 0.05) is 9.90 Å². The topological polar surface area (TPSA) is 55.4 Å². The third-order valence-electron chi connectivity index (χ3n) is 2.97. The van der Waals surface area contributed by atoms with Crippen molar-refractivity contribution >= 4 is 34.8 Å². The lowest BCUT2D eigenvalue weighted by Gasteiger charge is -2.12. The van der Waals surface area contributed by atoms with Crippen molar-refractivity contribution in [2.45, 2.75) is 19.4 Å². The first-order valence-corrected chi connectivity index (χ1v) is 8.03. The highest BCUT2D eigenvalue weighted by Crippen LogP contribution is 2.17. The van der Waals surface area contributed by atoms with Crippen LogP contribution < -0.4 is 5.32 Å². The molecule has 6 heteroatoms. The molecule has 0 unspecified atom stereocenters. The standard InChI is InChI=1S/C16H16ClNO3S/c1-11(14-3-2-8-22-14)18-15(19)10-21-16(20)9-12-4-6-13(17)7-5-12/h2-8,11H,9-10H2,1H3,(H,18,19)/t11-/m1/s1. The van der Waals surface area contributed by atoms with E-state index in [1.54, 1.807) is 35.6 Å². The summed E-state index contributed by atoms with van der Waals surface area (Å²) in [5.41, 5.74) is 0.793. The normalized spacial score (nSPS) is 11.7. The van der Waals surface area contributed by atoms with Crippen LogP contribution in [-0.2, 0) is 20.7 Å². The summed E-state index contributed by atoms with van der Waals surface area (Å²) < 4.78 is 4.98. The highest BCUT2D eigenvalue weighted by Gasteiger charge is 2.12. The molecule has 1 N–H and O–H groups in total. The Morgan fingerprint density at radius 3 is 2.64 bits per heavy atom. The maximum absolute atomic E-state index is 11.7. The zero-order valence-corrected chi connectivity index (χ0v) is 13.6. The molecule has 1 heterocycles. The van der Waals surface area contributed by atoms with Gasteiger partial charge in [-0.1, -0.05) is 29.8 Å². The molecule has 1 atom stereocenters. The van der Waals surface area contributed by atoms with Crippen molar-refractivity contribution in [2.75, 3.05) is 6.61 Å². The van der Waals surface area contributed by atoms with E-state index in [2.05, 4.69) is 5.32 Å². The summed E-state index contributed by atoms with van der Waals surface area (Å²) in [5, 5.41) is 5.34. The van der Waals surface area contributed by atoms with Crippen molar-refractivity contribution in [3.05, 3.63) is 57.2 Å². The number of carbonyl (C=O) groups excluding carboxylic acids is 2. The van der Waals surface area contributed by atoms with Crippen LogP contribution in [0.25, 0.3) is 0 Å². The summed E-state index contributed by atoms with van der Waals surface area (Å²) in [6.07, 6.45) is 0.116. The molecule has 22 heavy (non-hydrogen) atoms. The monoisotopic (exact) mass is 337 g/mol. The number of halogens is 1. The SMILES string of the molecule is C[C@@H](NC(=O)COC(=O)Cc1ccc(Cl)cc1)c1cccs1. The number of hydrogen-bond donors (Lipinski definition) is 1. The lowest BCUT2D eigenvalue weighted by atomic mass is 10.1. The van der Waals surface area contributed by atoms with Crippen LogP contribution in [0.5, 0.6) is 0 Å². The van der Waals surface area contributed by atoms with Gasteiger partial charge in [-0.15, -0.1) is 11.3 Å². The van der Waals surface area contributed by atoms with Gasteiger partial charge in [0.2, 0.25) is 0 Å². The number of thiophene rings is 1. The molecule has 0 aliphatic rings.